The first-order chi connectivity index (χ1) is 12.3. The van der Waals surface area contributed by atoms with Crippen LogP contribution in [0.2, 0.25) is 0 Å². The average Bonchev–Trinajstić information content (AvgIpc) is 2.61. The predicted molar refractivity (Wildman–Crippen MR) is 105 cm³/mol. The molecule has 1 aromatic heterocycles. The first-order valence-electron chi connectivity index (χ1n) is 9.05. The second kappa shape index (κ2) is 7.32. The second-order valence-electron chi connectivity index (χ2n) is 7.67. The van der Waals surface area contributed by atoms with Gasteiger partial charge in [-0.2, -0.15) is 0 Å². The monoisotopic (exact) mass is 353 g/mol. The van der Waals surface area contributed by atoms with Crippen LogP contribution in [0.25, 0.3) is 11.4 Å². The zero-order chi connectivity index (χ0) is 18.7. The molecule has 0 radical (unpaired) electrons. The minimum atomic E-state index is -0.0904. The van der Waals surface area contributed by atoms with Crippen molar-refractivity contribution in [1.29, 1.82) is 0 Å². The molecule has 0 atom stereocenters. The Labute approximate surface area is 155 Å². The Balaban J connectivity index is 1.91. The van der Waals surface area contributed by atoms with E-state index in [9.17, 15) is 4.79 Å². The lowest BCUT2D eigenvalue weighted by Crippen LogP contribution is -2.48. The number of piperazine rings is 1. The lowest BCUT2D eigenvalue weighted by Gasteiger charge is -2.35. The van der Waals surface area contributed by atoms with Crippen LogP contribution < -0.4 is 10.2 Å². The number of nitrogens with zero attached hydrogens (tertiary/aromatic N) is 4. The minimum Gasteiger partial charge on any atom is -0.365 e. The SMILES string of the molecule is CC(=O)N1CCN(c2cc(NC(C)(C)C)nc(-c3ccccc3)n2)CC1. The van der Waals surface area contributed by atoms with Crippen LogP contribution in [0.15, 0.2) is 36.4 Å². The minimum absolute atomic E-state index is 0.0904. The molecule has 0 spiro atoms. The molecule has 1 saturated heterocycles. The Bertz CT molecular complexity index is 762. The Morgan fingerprint density at radius 2 is 1.69 bits per heavy atom. The normalized spacial score (nSPS) is 15.1. The maximum atomic E-state index is 11.6. The quantitative estimate of drug-likeness (QED) is 0.919. The van der Waals surface area contributed by atoms with E-state index in [0.717, 1.165) is 43.4 Å². The number of nitrogens with one attached hydrogen (secondary N) is 1. The topological polar surface area (TPSA) is 61.4 Å². The van der Waals surface area contributed by atoms with E-state index in [0.29, 0.717) is 5.82 Å². The van der Waals surface area contributed by atoms with Crippen LogP contribution >= 0.6 is 0 Å². The van der Waals surface area contributed by atoms with Gasteiger partial charge in [-0.3, -0.25) is 4.79 Å². The molecule has 1 aromatic carbocycles. The summed E-state index contributed by atoms with van der Waals surface area (Å²) >= 11 is 0. The fraction of sp³-hybridized carbons (Fsp3) is 0.450. The van der Waals surface area contributed by atoms with Gasteiger partial charge in [-0.05, 0) is 20.8 Å². The van der Waals surface area contributed by atoms with Crippen LogP contribution in [0.4, 0.5) is 11.6 Å². The predicted octanol–water partition coefficient (Wildman–Crippen LogP) is 3.02. The Morgan fingerprint density at radius 3 is 2.27 bits per heavy atom. The van der Waals surface area contributed by atoms with Gasteiger partial charge in [-0.15, -0.1) is 0 Å². The first kappa shape index (κ1) is 18.2. The lowest BCUT2D eigenvalue weighted by molar-refractivity contribution is -0.129. The summed E-state index contributed by atoms with van der Waals surface area (Å²) < 4.78 is 0. The third-order valence-electron chi connectivity index (χ3n) is 4.30. The van der Waals surface area contributed by atoms with E-state index in [4.69, 9.17) is 9.97 Å². The largest absolute Gasteiger partial charge is 0.365 e. The van der Waals surface area contributed by atoms with Crippen molar-refractivity contribution in [3.63, 3.8) is 0 Å². The van der Waals surface area contributed by atoms with Crippen molar-refractivity contribution in [1.82, 2.24) is 14.9 Å². The molecule has 0 aliphatic carbocycles. The summed E-state index contributed by atoms with van der Waals surface area (Å²) in [6, 6.07) is 12.0. The van der Waals surface area contributed by atoms with Gasteiger partial charge >= 0.3 is 0 Å². The molecule has 1 aliphatic heterocycles. The molecule has 2 heterocycles. The van der Waals surface area contributed by atoms with E-state index in [1.54, 1.807) is 6.92 Å². The molecule has 26 heavy (non-hydrogen) atoms. The molecule has 138 valence electrons. The Morgan fingerprint density at radius 1 is 1.04 bits per heavy atom. The molecule has 0 unspecified atom stereocenters. The molecule has 3 rings (SSSR count). The van der Waals surface area contributed by atoms with Gasteiger partial charge in [-0.1, -0.05) is 30.3 Å². The number of carbonyl (C=O) groups excluding carboxylic acids is 1. The molecule has 1 N–H and O–H groups in total. The fourth-order valence-corrected chi connectivity index (χ4v) is 3.01. The summed E-state index contributed by atoms with van der Waals surface area (Å²) in [5.41, 5.74) is 0.904. The van der Waals surface area contributed by atoms with Crippen molar-refractivity contribution in [3.8, 4) is 11.4 Å². The molecule has 0 bridgehead atoms. The summed E-state index contributed by atoms with van der Waals surface area (Å²) in [5.74, 6) is 2.56. The third kappa shape index (κ3) is 4.50. The van der Waals surface area contributed by atoms with E-state index in [-0.39, 0.29) is 11.4 Å². The summed E-state index contributed by atoms with van der Waals surface area (Å²) in [7, 11) is 0. The van der Waals surface area contributed by atoms with Gasteiger partial charge in [0.1, 0.15) is 11.6 Å². The van der Waals surface area contributed by atoms with Crippen LogP contribution in [0.3, 0.4) is 0 Å². The highest BCUT2D eigenvalue weighted by Crippen LogP contribution is 2.25. The van der Waals surface area contributed by atoms with E-state index in [1.165, 1.54) is 0 Å². The molecular formula is C20H27N5O. The summed E-state index contributed by atoms with van der Waals surface area (Å²) in [5, 5.41) is 3.46. The van der Waals surface area contributed by atoms with E-state index < -0.39 is 0 Å². The summed E-state index contributed by atoms with van der Waals surface area (Å²) in [6.45, 7) is 11.0. The van der Waals surface area contributed by atoms with Gasteiger partial charge < -0.3 is 15.1 Å². The number of hydrogen-bond acceptors (Lipinski definition) is 5. The molecule has 0 saturated carbocycles. The van der Waals surface area contributed by atoms with Gasteiger partial charge in [0.05, 0.1) is 0 Å². The summed E-state index contributed by atoms with van der Waals surface area (Å²) in [6.07, 6.45) is 0. The van der Waals surface area contributed by atoms with Crippen molar-refractivity contribution in [2.75, 3.05) is 36.4 Å². The van der Waals surface area contributed by atoms with Gasteiger partial charge in [0.25, 0.3) is 0 Å². The van der Waals surface area contributed by atoms with Crippen molar-refractivity contribution in [3.05, 3.63) is 36.4 Å². The lowest BCUT2D eigenvalue weighted by atomic mass is 10.1. The number of rotatable bonds is 3. The van der Waals surface area contributed by atoms with Crippen LogP contribution in [0, 0.1) is 0 Å². The van der Waals surface area contributed by atoms with Crippen LogP contribution in [0.5, 0.6) is 0 Å². The Kier molecular flexibility index (Phi) is 5.11. The number of benzene rings is 1. The van der Waals surface area contributed by atoms with Crippen LogP contribution in [-0.2, 0) is 4.79 Å². The molecule has 6 heteroatoms. The van der Waals surface area contributed by atoms with Crippen LogP contribution in [-0.4, -0.2) is 52.5 Å². The molecule has 6 nitrogen and oxygen atoms in total. The van der Waals surface area contributed by atoms with Crippen molar-refractivity contribution in [2.24, 2.45) is 0 Å². The van der Waals surface area contributed by atoms with E-state index in [1.807, 2.05) is 41.3 Å². The highest BCUT2D eigenvalue weighted by Gasteiger charge is 2.21. The standard InChI is InChI=1S/C20H27N5O/c1-15(26)24-10-12-25(13-11-24)18-14-17(23-20(2,3)4)21-19(22-18)16-8-6-5-7-9-16/h5-9,14H,10-13H2,1-4H3,(H,21,22,23). The number of aromatic nitrogens is 2. The van der Waals surface area contributed by atoms with Crippen molar-refractivity contribution in [2.45, 2.75) is 33.2 Å². The van der Waals surface area contributed by atoms with Gasteiger partial charge in [0.15, 0.2) is 5.82 Å². The van der Waals surface area contributed by atoms with Gasteiger partial charge in [0.2, 0.25) is 5.91 Å². The van der Waals surface area contributed by atoms with Gasteiger partial charge in [-0.25, -0.2) is 9.97 Å². The first-order valence-corrected chi connectivity index (χ1v) is 9.05. The zero-order valence-corrected chi connectivity index (χ0v) is 16.0. The maximum absolute atomic E-state index is 11.6. The third-order valence-corrected chi connectivity index (χ3v) is 4.30. The highest BCUT2D eigenvalue weighted by atomic mass is 16.2. The van der Waals surface area contributed by atoms with Crippen LogP contribution in [0.1, 0.15) is 27.7 Å². The molecule has 1 fully saturated rings. The molecule has 1 aliphatic rings. The second-order valence-corrected chi connectivity index (χ2v) is 7.67. The van der Waals surface area contributed by atoms with Gasteiger partial charge in [0, 0.05) is 50.3 Å². The maximum Gasteiger partial charge on any atom is 0.219 e. The molecule has 2 aromatic rings. The van der Waals surface area contributed by atoms with E-state index >= 15 is 0 Å². The number of carbonyl (C=O) groups is 1. The van der Waals surface area contributed by atoms with Crippen molar-refractivity contribution >= 4 is 17.5 Å². The highest BCUT2D eigenvalue weighted by molar-refractivity contribution is 5.73. The molecular weight excluding hydrogens is 326 g/mol. The van der Waals surface area contributed by atoms with E-state index in [2.05, 4.69) is 31.0 Å². The Hall–Kier alpha value is -2.63. The average molecular weight is 353 g/mol. The number of hydrogen-bond donors (Lipinski definition) is 1. The smallest absolute Gasteiger partial charge is 0.219 e. The fourth-order valence-electron chi connectivity index (χ4n) is 3.01. The van der Waals surface area contributed by atoms with Crippen molar-refractivity contribution < 1.29 is 4.79 Å². The summed E-state index contributed by atoms with van der Waals surface area (Å²) in [4.78, 5) is 25.2. The zero-order valence-electron chi connectivity index (χ0n) is 16.0. The number of anilines is 2. The number of amides is 1. The molecule has 1 amide bonds.